The number of halogens is 1. The fraction of sp³-hybridized carbons (Fsp3) is 0.562. The predicted molar refractivity (Wildman–Crippen MR) is 84.3 cm³/mol. The normalized spacial score (nSPS) is 26.6. The van der Waals surface area contributed by atoms with Gasteiger partial charge in [0.2, 0.25) is 5.91 Å². The van der Waals surface area contributed by atoms with Crippen molar-refractivity contribution in [1.82, 2.24) is 5.32 Å². The molecule has 116 valence electrons. The highest BCUT2D eigenvalue weighted by Gasteiger charge is 2.39. The Kier molecular flexibility index (Phi) is 4.91. The van der Waals surface area contributed by atoms with Crippen LogP contribution in [0, 0.1) is 0 Å². The maximum Gasteiger partial charge on any atom is 0.240 e. The van der Waals surface area contributed by atoms with Crippen LogP contribution in [0.15, 0.2) is 24.3 Å². The molecule has 0 heterocycles. The first kappa shape index (κ1) is 16.3. The Morgan fingerprint density at radius 2 is 1.90 bits per heavy atom. The summed E-state index contributed by atoms with van der Waals surface area (Å²) in [7, 11) is 0. The minimum atomic E-state index is -0.754. The second-order valence-electron chi connectivity index (χ2n) is 6.14. The fourth-order valence-corrected chi connectivity index (χ4v) is 3.44. The Morgan fingerprint density at radius 3 is 2.62 bits per heavy atom. The third-order valence-corrected chi connectivity index (χ3v) is 4.69. The van der Waals surface area contributed by atoms with E-state index in [0.717, 1.165) is 43.2 Å². The Labute approximate surface area is 131 Å². The topological polar surface area (TPSA) is 75.4 Å². The van der Waals surface area contributed by atoms with E-state index in [9.17, 15) is 9.90 Å². The Hall–Kier alpha value is -1.10. The highest BCUT2D eigenvalue weighted by molar-refractivity contribution is 5.86. The summed E-state index contributed by atoms with van der Waals surface area (Å²) in [5, 5.41) is 13.2. The van der Waals surface area contributed by atoms with Gasteiger partial charge in [-0.3, -0.25) is 4.79 Å². The smallest absolute Gasteiger partial charge is 0.240 e. The summed E-state index contributed by atoms with van der Waals surface area (Å²) in [4.78, 5) is 12.5. The van der Waals surface area contributed by atoms with E-state index in [-0.39, 0.29) is 24.4 Å². The average Bonchev–Trinajstić information content (AvgIpc) is 2.76. The highest BCUT2D eigenvalue weighted by atomic mass is 35.5. The number of hydrogen-bond donors (Lipinski definition) is 3. The lowest BCUT2D eigenvalue weighted by atomic mass is 9.81. The molecule has 21 heavy (non-hydrogen) atoms. The van der Waals surface area contributed by atoms with Crippen molar-refractivity contribution in [2.75, 3.05) is 0 Å². The van der Waals surface area contributed by atoms with E-state index < -0.39 is 11.6 Å². The first-order valence-corrected chi connectivity index (χ1v) is 7.46. The molecular formula is C16H23ClN2O2. The van der Waals surface area contributed by atoms with Crippen molar-refractivity contribution in [3.63, 3.8) is 0 Å². The predicted octanol–water partition coefficient (Wildman–Crippen LogP) is 1.84. The zero-order chi connectivity index (χ0) is 14.2. The van der Waals surface area contributed by atoms with Crippen LogP contribution in [0.2, 0.25) is 0 Å². The molecule has 4 N–H and O–H groups in total. The van der Waals surface area contributed by atoms with Gasteiger partial charge in [0, 0.05) is 6.42 Å². The molecule has 1 fully saturated rings. The molecular weight excluding hydrogens is 288 g/mol. The lowest BCUT2D eigenvalue weighted by molar-refractivity contribution is -0.129. The quantitative estimate of drug-likeness (QED) is 0.780. The van der Waals surface area contributed by atoms with Gasteiger partial charge in [-0.1, -0.05) is 43.5 Å². The van der Waals surface area contributed by atoms with Crippen molar-refractivity contribution in [3.05, 3.63) is 35.4 Å². The van der Waals surface area contributed by atoms with Crippen LogP contribution >= 0.6 is 12.4 Å². The largest absolute Gasteiger partial charge is 0.390 e. The summed E-state index contributed by atoms with van der Waals surface area (Å²) < 4.78 is 0. The molecule has 0 bridgehead atoms. The zero-order valence-corrected chi connectivity index (χ0v) is 12.9. The van der Waals surface area contributed by atoms with Gasteiger partial charge >= 0.3 is 0 Å². The summed E-state index contributed by atoms with van der Waals surface area (Å²) in [5.74, 6) is -0.113. The molecule has 1 amide bonds. The number of hydrogen-bond acceptors (Lipinski definition) is 3. The second-order valence-corrected chi connectivity index (χ2v) is 6.14. The van der Waals surface area contributed by atoms with Crippen LogP contribution in [-0.2, 0) is 11.2 Å². The van der Waals surface area contributed by atoms with Crippen molar-refractivity contribution in [2.45, 2.75) is 56.2 Å². The van der Waals surface area contributed by atoms with Crippen LogP contribution in [0.5, 0.6) is 0 Å². The van der Waals surface area contributed by atoms with Gasteiger partial charge in [0.15, 0.2) is 0 Å². The Morgan fingerprint density at radius 1 is 1.24 bits per heavy atom. The Balaban J connectivity index is 0.00000161. The van der Waals surface area contributed by atoms with E-state index in [0.29, 0.717) is 6.42 Å². The maximum absolute atomic E-state index is 12.5. The summed E-state index contributed by atoms with van der Waals surface area (Å²) in [6, 6.07) is 7.56. The van der Waals surface area contributed by atoms with Crippen LogP contribution in [0.25, 0.3) is 0 Å². The van der Waals surface area contributed by atoms with Gasteiger partial charge in [0.25, 0.3) is 0 Å². The molecule has 2 aliphatic carbocycles. The van der Waals surface area contributed by atoms with Crippen LogP contribution in [0.1, 0.15) is 49.3 Å². The molecule has 4 nitrogen and oxygen atoms in total. The standard InChI is InChI=1S/C16H22N2O2.ClH/c17-16(8-4-1-5-9-16)15(20)18-14-12-7-3-2-6-11(12)10-13(14)19;/h2-3,6-7,13-14,19H,1,4-5,8-10,17H2,(H,18,20);1H/t13-,14+;/m0./s1. The highest BCUT2D eigenvalue weighted by Crippen LogP contribution is 2.33. The summed E-state index contributed by atoms with van der Waals surface area (Å²) >= 11 is 0. The second kappa shape index (κ2) is 6.34. The fourth-order valence-electron chi connectivity index (χ4n) is 3.44. The molecule has 2 atom stereocenters. The number of carbonyl (C=O) groups excluding carboxylic acids is 1. The molecule has 0 aromatic heterocycles. The van der Waals surface area contributed by atoms with Gasteiger partial charge in [-0.05, 0) is 24.0 Å². The van der Waals surface area contributed by atoms with Gasteiger partial charge < -0.3 is 16.2 Å². The van der Waals surface area contributed by atoms with Gasteiger partial charge in [0.1, 0.15) is 0 Å². The molecule has 1 aromatic rings. The van der Waals surface area contributed by atoms with Gasteiger partial charge in [-0.2, -0.15) is 0 Å². The summed E-state index contributed by atoms with van der Waals surface area (Å²) in [6.07, 6.45) is 4.69. The molecule has 0 unspecified atom stereocenters. The third kappa shape index (κ3) is 3.07. The monoisotopic (exact) mass is 310 g/mol. The number of amides is 1. The first-order chi connectivity index (χ1) is 9.60. The van der Waals surface area contributed by atoms with Crippen molar-refractivity contribution in [2.24, 2.45) is 5.73 Å². The van der Waals surface area contributed by atoms with E-state index in [1.807, 2.05) is 24.3 Å². The molecule has 2 aliphatic rings. The Bertz CT molecular complexity index is 515. The summed E-state index contributed by atoms with van der Waals surface area (Å²) in [6.45, 7) is 0. The van der Waals surface area contributed by atoms with E-state index in [4.69, 9.17) is 5.73 Å². The zero-order valence-electron chi connectivity index (χ0n) is 12.0. The minimum absolute atomic E-state index is 0. The molecule has 1 saturated carbocycles. The number of rotatable bonds is 2. The number of aliphatic hydroxyl groups excluding tert-OH is 1. The van der Waals surface area contributed by atoms with Crippen molar-refractivity contribution < 1.29 is 9.90 Å². The van der Waals surface area contributed by atoms with Crippen LogP contribution in [0.3, 0.4) is 0 Å². The molecule has 1 aromatic carbocycles. The number of aliphatic hydroxyl groups is 1. The number of nitrogens with one attached hydrogen (secondary N) is 1. The molecule has 0 spiro atoms. The van der Waals surface area contributed by atoms with E-state index in [1.165, 1.54) is 0 Å². The van der Waals surface area contributed by atoms with Crippen molar-refractivity contribution in [1.29, 1.82) is 0 Å². The van der Waals surface area contributed by atoms with Crippen LogP contribution in [-0.4, -0.2) is 22.7 Å². The van der Waals surface area contributed by atoms with Gasteiger partial charge in [-0.25, -0.2) is 0 Å². The molecule has 0 saturated heterocycles. The molecule has 0 aliphatic heterocycles. The number of carbonyl (C=O) groups is 1. The maximum atomic E-state index is 12.5. The lowest BCUT2D eigenvalue weighted by Crippen LogP contribution is -2.56. The number of nitrogens with two attached hydrogens (primary N) is 1. The lowest BCUT2D eigenvalue weighted by Gasteiger charge is -2.33. The third-order valence-electron chi connectivity index (χ3n) is 4.69. The summed E-state index contributed by atoms with van der Waals surface area (Å²) in [5.41, 5.74) is 7.63. The molecule has 3 rings (SSSR count). The van der Waals surface area contributed by atoms with E-state index >= 15 is 0 Å². The average molecular weight is 311 g/mol. The molecule has 5 heteroatoms. The van der Waals surface area contributed by atoms with Crippen molar-refractivity contribution >= 4 is 18.3 Å². The van der Waals surface area contributed by atoms with Gasteiger partial charge in [0.05, 0.1) is 17.7 Å². The first-order valence-electron chi connectivity index (χ1n) is 7.46. The number of fused-ring (bicyclic) bond motifs is 1. The van der Waals surface area contributed by atoms with Gasteiger partial charge in [-0.15, -0.1) is 12.4 Å². The van der Waals surface area contributed by atoms with E-state index in [1.54, 1.807) is 0 Å². The van der Waals surface area contributed by atoms with E-state index in [2.05, 4.69) is 5.32 Å². The van der Waals surface area contributed by atoms with Crippen LogP contribution < -0.4 is 11.1 Å². The minimum Gasteiger partial charge on any atom is -0.390 e. The molecule has 0 radical (unpaired) electrons. The number of benzene rings is 1. The SMILES string of the molecule is Cl.NC1(C(=O)N[C@@H]2c3ccccc3C[C@@H]2O)CCCCC1. The van der Waals surface area contributed by atoms with Crippen LogP contribution in [0.4, 0.5) is 0 Å². The van der Waals surface area contributed by atoms with Crippen molar-refractivity contribution in [3.8, 4) is 0 Å².